The largest absolute Gasteiger partial charge is 0.495 e. The van der Waals surface area contributed by atoms with E-state index in [9.17, 15) is 9.59 Å². The van der Waals surface area contributed by atoms with Crippen molar-refractivity contribution < 1.29 is 14.3 Å². The summed E-state index contributed by atoms with van der Waals surface area (Å²) >= 11 is 0. The van der Waals surface area contributed by atoms with Gasteiger partial charge in [0.25, 0.3) is 0 Å². The summed E-state index contributed by atoms with van der Waals surface area (Å²) in [4.78, 5) is 36.6. The van der Waals surface area contributed by atoms with E-state index in [1.807, 2.05) is 34.1 Å². The normalized spacial score (nSPS) is 21.7. The highest BCUT2D eigenvalue weighted by Crippen LogP contribution is 2.33. The molecule has 0 saturated carbocycles. The van der Waals surface area contributed by atoms with Crippen LogP contribution >= 0.6 is 0 Å². The van der Waals surface area contributed by atoms with Gasteiger partial charge in [0, 0.05) is 50.9 Å². The Bertz CT molecular complexity index is 869. The van der Waals surface area contributed by atoms with Crippen molar-refractivity contribution in [1.82, 2.24) is 19.8 Å². The lowest BCUT2D eigenvalue weighted by atomic mass is 9.82. The van der Waals surface area contributed by atoms with Gasteiger partial charge in [-0.05, 0) is 36.8 Å². The average molecular weight is 412 g/mol. The molecular formula is C22H29N5O3. The van der Waals surface area contributed by atoms with Crippen LogP contribution in [-0.4, -0.2) is 65.0 Å². The fourth-order valence-corrected chi connectivity index (χ4v) is 4.52. The Labute approximate surface area is 176 Å². The van der Waals surface area contributed by atoms with Gasteiger partial charge in [-0.2, -0.15) is 0 Å². The van der Waals surface area contributed by atoms with E-state index < -0.39 is 0 Å². The van der Waals surface area contributed by atoms with E-state index in [0.29, 0.717) is 49.3 Å². The number of para-hydroxylation sites is 2. The van der Waals surface area contributed by atoms with E-state index in [-0.39, 0.29) is 11.9 Å². The number of piperidine rings is 1. The highest BCUT2D eigenvalue weighted by Gasteiger charge is 2.36. The van der Waals surface area contributed by atoms with Gasteiger partial charge in [0.1, 0.15) is 5.75 Å². The van der Waals surface area contributed by atoms with Gasteiger partial charge in [0.15, 0.2) is 0 Å². The lowest BCUT2D eigenvalue weighted by molar-refractivity contribution is -0.131. The Kier molecular flexibility index (Phi) is 6.21. The molecule has 2 saturated heterocycles. The van der Waals surface area contributed by atoms with Crippen molar-refractivity contribution >= 4 is 17.6 Å². The topological polar surface area (TPSA) is 90.6 Å². The molecule has 2 fully saturated rings. The minimum absolute atomic E-state index is 0.107. The first-order valence-corrected chi connectivity index (χ1v) is 10.6. The highest BCUT2D eigenvalue weighted by molar-refractivity contribution is 5.91. The Morgan fingerprint density at radius 3 is 2.90 bits per heavy atom. The number of hydrogen-bond acceptors (Lipinski definition) is 4. The minimum Gasteiger partial charge on any atom is -0.495 e. The fraction of sp³-hybridized carbons (Fsp3) is 0.500. The van der Waals surface area contributed by atoms with Crippen LogP contribution in [0.4, 0.5) is 10.5 Å². The minimum atomic E-state index is -0.107. The molecule has 2 atom stereocenters. The molecule has 0 unspecified atom stereocenters. The van der Waals surface area contributed by atoms with Crippen LogP contribution in [0.5, 0.6) is 5.75 Å². The smallest absolute Gasteiger partial charge is 0.321 e. The molecule has 0 spiro atoms. The first-order chi connectivity index (χ1) is 14.6. The molecule has 2 aliphatic rings. The Morgan fingerprint density at radius 1 is 1.27 bits per heavy atom. The lowest BCUT2D eigenvalue weighted by Crippen LogP contribution is -2.45. The number of fused-ring (bicyclic) bond motifs is 1. The summed E-state index contributed by atoms with van der Waals surface area (Å²) in [5.74, 6) is 1.58. The van der Waals surface area contributed by atoms with Gasteiger partial charge in [-0.1, -0.05) is 12.1 Å². The number of methoxy groups -OCH3 is 1. The molecule has 3 heterocycles. The van der Waals surface area contributed by atoms with Gasteiger partial charge in [0.2, 0.25) is 5.91 Å². The van der Waals surface area contributed by atoms with Crippen LogP contribution < -0.4 is 10.1 Å². The third kappa shape index (κ3) is 4.58. The quantitative estimate of drug-likeness (QED) is 0.792. The average Bonchev–Trinajstić information content (AvgIpc) is 3.23. The number of amides is 3. The monoisotopic (exact) mass is 411 g/mol. The number of ether oxygens (including phenoxy) is 1. The zero-order chi connectivity index (χ0) is 20.9. The molecule has 2 aromatic rings. The molecule has 8 heteroatoms. The van der Waals surface area contributed by atoms with Crippen molar-refractivity contribution in [2.24, 2.45) is 11.8 Å². The summed E-state index contributed by atoms with van der Waals surface area (Å²) in [6.45, 7) is 2.81. The third-order valence-electron chi connectivity index (χ3n) is 6.29. The van der Waals surface area contributed by atoms with Gasteiger partial charge >= 0.3 is 6.03 Å². The second-order valence-electron chi connectivity index (χ2n) is 8.09. The van der Waals surface area contributed by atoms with Crippen molar-refractivity contribution in [1.29, 1.82) is 0 Å². The Morgan fingerprint density at radius 2 is 2.10 bits per heavy atom. The van der Waals surface area contributed by atoms with Crippen LogP contribution in [0.25, 0.3) is 0 Å². The number of carbonyl (C=O) groups is 2. The number of H-pyrrole nitrogens is 1. The number of aromatic amines is 1. The third-order valence-corrected chi connectivity index (χ3v) is 6.29. The Hall–Kier alpha value is -3.03. The number of anilines is 1. The molecule has 160 valence electrons. The van der Waals surface area contributed by atoms with Crippen LogP contribution in [-0.2, 0) is 11.2 Å². The molecule has 4 rings (SSSR count). The maximum absolute atomic E-state index is 12.8. The first kappa shape index (κ1) is 20.3. The molecule has 0 radical (unpaired) electrons. The van der Waals surface area contributed by atoms with Gasteiger partial charge in [-0.25, -0.2) is 9.78 Å². The van der Waals surface area contributed by atoms with Gasteiger partial charge in [-0.15, -0.1) is 0 Å². The number of hydrogen-bond donors (Lipinski definition) is 2. The second-order valence-corrected chi connectivity index (χ2v) is 8.09. The van der Waals surface area contributed by atoms with E-state index in [4.69, 9.17) is 4.74 Å². The van der Waals surface area contributed by atoms with Crippen LogP contribution in [0.3, 0.4) is 0 Å². The standard InChI is InChI=1S/C22H29N5O3/c1-30-20-5-3-2-4-19(20)25-22(29)27-10-6-16-12-21(28)26(9-7-17(16)14-27)11-8-18-13-23-15-24-18/h2-5,13,15-17H,6-12,14H2,1H3,(H,23,24)(H,25,29)/t16-,17-/m0/s1. The van der Waals surface area contributed by atoms with Crippen molar-refractivity contribution in [2.75, 3.05) is 38.6 Å². The number of nitrogens with zero attached hydrogens (tertiary/aromatic N) is 3. The van der Waals surface area contributed by atoms with Crippen LogP contribution in [0.1, 0.15) is 25.0 Å². The number of benzene rings is 1. The van der Waals surface area contributed by atoms with E-state index in [0.717, 1.165) is 31.5 Å². The number of carbonyl (C=O) groups excluding carboxylic acids is 2. The van der Waals surface area contributed by atoms with Crippen LogP contribution in [0, 0.1) is 11.8 Å². The van der Waals surface area contributed by atoms with Crippen LogP contribution in [0.2, 0.25) is 0 Å². The summed E-state index contributed by atoms with van der Waals surface area (Å²) in [5.41, 5.74) is 1.72. The molecule has 2 aliphatic heterocycles. The van der Waals surface area contributed by atoms with E-state index >= 15 is 0 Å². The molecule has 30 heavy (non-hydrogen) atoms. The summed E-state index contributed by atoms with van der Waals surface area (Å²) in [5, 5.41) is 2.97. The van der Waals surface area contributed by atoms with E-state index in [1.54, 1.807) is 19.6 Å². The zero-order valence-electron chi connectivity index (χ0n) is 17.3. The molecule has 1 aromatic heterocycles. The number of nitrogens with one attached hydrogen (secondary N) is 2. The van der Waals surface area contributed by atoms with Gasteiger partial charge < -0.3 is 24.8 Å². The van der Waals surface area contributed by atoms with E-state index in [1.165, 1.54) is 0 Å². The second kappa shape index (κ2) is 9.19. The van der Waals surface area contributed by atoms with Crippen molar-refractivity contribution in [2.45, 2.75) is 25.7 Å². The zero-order valence-corrected chi connectivity index (χ0v) is 17.3. The fourth-order valence-electron chi connectivity index (χ4n) is 4.52. The van der Waals surface area contributed by atoms with Crippen LogP contribution in [0.15, 0.2) is 36.8 Å². The summed E-state index contributed by atoms with van der Waals surface area (Å²) in [6.07, 6.45) is 6.63. The van der Waals surface area contributed by atoms with Gasteiger partial charge in [-0.3, -0.25) is 4.79 Å². The number of likely N-dealkylation sites (tertiary alicyclic amines) is 2. The SMILES string of the molecule is COc1ccccc1NC(=O)N1CC[C@H]2CC(=O)N(CCc3cnc[nH]3)CC[C@H]2C1. The molecule has 0 bridgehead atoms. The first-order valence-electron chi connectivity index (χ1n) is 10.6. The molecule has 3 amide bonds. The maximum Gasteiger partial charge on any atom is 0.321 e. The molecule has 2 N–H and O–H groups in total. The molecule has 1 aromatic carbocycles. The number of imidazole rings is 1. The highest BCUT2D eigenvalue weighted by atomic mass is 16.5. The van der Waals surface area contributed by atoms with Crippen molar-refractivity contribution in [3.63, 3.8) is 0 Å². The number of urea groups is 1. The van der Waals surface area contributed by atoms with Crippen molar-refractivity contribution in [3.8, 4) is 5.75 Å². The Balaban J connectivity index is 1.34. The lowest BCUT2D eigenvalue weighted by Gasteiger charge is -2.37. The molecule has 8 nitrogen and oxygen atoms in total. The number of rotatable bonds is 5. The summed E-state index contributed by atoms with van der Waals surface area (Å²) < 4.78 is 5.33. The summed E-state index contributed by atoms with van der Waals surface area (Å²) in [6, 6.07) is 7.31. The maximum atomic E-state index is 12.8. The molecular weight excluding hydrogens is 382 g/mol. The number of aromatic nitrogens is 2. The van der Waals surface area contributed by atoms with E-state index in [2.05, 4.69) is 15.3 Å². The molecule has 0 aliphatic carbocycles. The van der Waals surface area contributed by atoms with Crippen molar-refractivity contribution in [3.05, 3.63) is 42.5 Å². The predicted octanol–water partition coefficient (Wildman–Crippen LogP) is 2.75. The van der Waals surface area contributed by atoms with Gasteiger partial charge in [0.05, 0.1) is 19.1 Å². The summed E-state index contributed by atoms with van der Waals surface area (Å²) in [7, 11) is 1.59. The predicted molar refractivity (Wildman–Crippen MR) is 113 cm³/mol.